The first-order chi connectivity index (χ1) is 20.0. The van der Waals surface area contributed by atoms with E-state index in [0.29, 0.717) is 25.1 Å². The van der Waals surface area contributed by atoms with E-state index in [0.717, 1.165) is 36.1 Å². The monoisotopic (exact) mass is 571 g/mol. The second-order valence-corrected chi connectivity index (χ2v) is 13.5. The molecule has 3 aromatic rings. The molecule has 1 saturated carbocycles. The molecule has 1 amide bonds. The van der Waals surface area contributed by atoms with Crippen LogP contribution in [0.25, 0.3) is 0 Å². The third kappa shape index (κ3) is 7.31. The second kappa shape index (κ2) is 12.4. The molecule has 0 unspecified atom stereocenters. The Morgan fingerprint density at radius 1 is 1.10 bits per heavy atom. The maximum atomic E-state index is 13.5. The predicted molar refractivity (Wildman–Crippen MR) is 166 cm³/mol. The van der Waals surface area contributed by atoms with Crippen molar-refractivity contribution >= 4 is 5.91 Å². The number of amides is 1. The van der Waals surface area contributed by atoms with Crippen LogP contribution in [0.1, 0.15) is 86.0 Å². The maximum Gasteiger partial charge on any atom is 0.253 e. The summed E-state index contributed by atoms with van der Waals surface area (Å²) >= 11 is 0. The molecule has 2 heterocycles. The first-order valence-corrected chi connectivity index (χ1v) is 15.3. The number of hydrogen-bond donors (Lipinski definition) is 3. The summed E-state index contributed by atoms with van der Waals surface area (Å²) in [4.78, 5) is 25.9. The van der Waals surface area contributed by atoms with Crippen LogP contribution >= 0.6 is 0 Å². The smallest absolute Gasteiger partial charge is 0.253 e. The molecule has 1 aromatic heterocycles. The van der Waals surface area contributed by atoms with Crippen LogP contribution in [0.5, 0.6) is 5.75 Å². The molecule has 1 aliphatic heterocycles. The van der Waals surface area contributed by atoms with Crippen molar-refractivity contribution in [3.05, 3.63) is 99.5 Å². The molecular weight excluding hydrogens is 526 g/mol. The van der Waals surface area contributed by atoms with Crippen molar-refractivity contribution in [3.8, 4) is 5.75 Å². The van der Waals surface area contributed by atoms with Gasteiger partial charge >= 0.3 is 0 Å². The Morgan fingerprint density at radius 2 is 1.83 bits per heavy atom. The fraction of sp³-hybridized carbons (Fsp3) is 0.486. The molecule has 0 bridgehead atoms. The molecule has 3 atom stereocenters. The Kier molecular flexibility index (Phi) is 8.90. The molecule has 1 fully saturated rings. The highest BCUT2D eigenvalue weighted by Crippen LogP contribution is 2.47. The van der Waals surface area contributed by atoms with Crippen molar-refractivity contribution in [1.29, 1.82) is 0 Å². The topological polar surface area (TPSA) is 92.6 Å². The lowest BCUT2D eigenvalue weighted by molar-refractivity contribution is 0.0326. The van der Waals surface area contributed by atoms with E-state index in [4.69, 9.17) is 4.74 Å². The van der Waals surface area contributed by atoms with Gasteiger partial charge in [0.15, 0.2) is 0 Å². The molecule has 5 rings (SSSR count). The number of pyridine rings is 1. The minimum absolute atomic E-state index is 0.0513. The zero-order chi connectivity index (χ0) is 29.9. The summed E-state index contributed by atoms with van der Waals surface area (Å²) in [7, 11) is 0. The van der Waals surface area contributed by atoms with Crippen LogP contribution < -0.4 is 20.9 Å². The van der Waals surface area contributed by atoms with Gasteiger partial charge in [-0.05, 0) is 62.1 Å². The molecule has 2 aromatic carbocycles. The summed E-state index contributed by atoms with van der Waals surface area (Å²) in [5, 5.41) is 18.3. The maximum absolute atomic E-state index is 13.5. The predicted octanol–water partition coefficient (Wildman–Crippen LogP) is 5.33. The number of ether oxygens (including phenoxy) is 1. The molecule has 1 spiro atoms. The largest absolute Gasteiger partial charge is 0.487 e. The van der Waals surface area contributed by atoms with E-state index in [1.54, 1.807) is 16.8 Å². The zero-order valence-electron chi connectivity index (χ0n) is 25.4. The molecule has 42 heavy (non-hydrogen) atoms. The summed E-state index contributed by atoms with van der Waals surface area (Å²) in [6.07, 6.45) is 6.55. The molecule has 0 saturated heterocycles. The van der Waals surface area contributed by atoms with E-state index in [2.05, 4.69) is 56.5 Å². The van der Waals surface area contributed by atoms with Gasteiger partial charge in [-0.2, -0.15) is 0 Å². The Morgan fingerprint density at radius 3 is 2.55 bits per heavy atom. The lowest BCUT2D eigenvalue weighted by Gasteiger charge is -2.41. The average Bonchev–Trinajstić information content (AvgIpc) is 3.39. The van der Waals surface area contributed by atoms with Crippen LogP contribution in [0, 0.1) is 12.3 Å². The number of nitrogens with one attached hydrogen (secondary N) is 2. The molecular formula is C35H45N3O4. The first-order valence-electron chi connectivity index (χ1n) is 15.3. The highest BCUT2D eigenvalue weighted by molar-refractivity contribution is 5.94. The van der Waals surface area contributed by atoms with Gasteiger partial charge in [0.2, 0.25) is 0 Å². The van der Waals surface area contributed by atoms with E-state index >= 15 is 0 Å². The summed E-state index contributed by atoms with van der Waals surface area (Å²) < 4.78 is 8.15. The van der Waals surface area contributed by atoms with Crippen molar-refractivity contribution < 1.29 is 14.6 Å². The number of aromatic nitrogens is 1. The normalized spacial score (nSPS) is 19.1. The van der Waals surface area contributed by atoms with E-state index in [9.17, 15) is 14.7 Å². The number of aliphatic hydroxyl groups excluding tert-OH is 1. The van der Waals surface area contributed by atoms with Gasteiger partial charge in [0.1, 0.15) is 11.4 Å². The second-order valence-electron chi connectivity index (χ2n) is 13.5. The van der Waals surface area contributed by atoms with Crippen LogP contribution in [-0.4, -0.2) is 39.9 Å². The number of carbonyl (C=O) groups excluding carboxylic acids is 1. The van der Waals surface area contributed by atoms with E-state index < -0.39 is 12.1 Å². The third-order valence-electron chi connectivity index (χ3n) is 8.50. The lowest BCUT2D eigenvalue weighted by atomic mass is 9.85. The number of aliphatic hydroxyl groups is 1. The summed E-state index contributed by atoms with van der Waals surface area (Å²) in [6, 6.07) is 18.7. The minimum Gasteiger partial charge on any atom is -0.487 e. The quantitative estimate of drug-likeness (QED) is 0.323. The van der Waals surface area contributed by atoms with E-state index in [1.165, 1.54) is 24.5 Å². The number of rotatable bonds is 9. The van der Waals surface area contributed by atoms with Gasteiger partial charge in [-0.15, -0.1) is 0 Å². The van der Waals surface area contributed by atoms with Gasteiger partial charge in [0, 0.05) is 43.4 Å². The van der Waals surface area contributed by atoms with Crippen LogP contribution in [-0.2, 0) is 13.0 Å². The number of fused-ring (bicyclic) bond motifs is 1. The summed E-state index contributed by atoms with van der Waals surface area (Å²) in [5.41, 5.74) is 3.32. The average molecular weight is 572 g/mol. The lowest BCUT2D eigenvalue weighted by Crippen LogP contribution is -2.50. The van der Waals surface area contributed by atoms with E-state index in [1.807, 2.05) is 30.3 Å². The van der Waals surface area contributed by atoms with Crippen molar-refractivity contribution in [1.82, 2.24) is 15.2 Å². The van der Waals surface area contributed by atoms with Gasteiger partial charge < -0.3 is 25.0 Å². The van der Waals surface area contributed by atoms with Crippen LogP contribution in [0.3, 0.4) is 0 Å². The van der Waals surface area contributed by atoms with Gasteiger partial charge in [-0.1, -0.05) is 68.8 Å². The number of carbonyl (C=O) groups is 1. The van der Waals surface area contributed by atoms with Crippen molar-refractivity contribution in [2.75, 3.05) is 6.54 Å². The zero-order valence-corrected chi connectivity index (χ0v) is 25.4. The van der Waals surface area contributed by atoms with E-state index in [-0.39, 0.29) is 28.5 Å². The molecule has 224 valence electrons. The Balaban J connectivity index is 1.34. The first kappa shape index (κ1) is 30.1. The summed E-state index contributed by atoms with van der Waals surface area (Å²) in [5.74, 6) is 0.620. The van der Waals surface area contributed by atoms with Gasteiger partial charge in [0.25, 0.3) is 11.5 Å². The van der Waals surface area contributed by atoms with Crippen molar-refractivity contribution in [2.45, 2.75) is 96.6 Å². The van der Waals surface area contributed by atoms with Crippen LogP contribution in [0.15, 0.2) is 71.7 Å². The fourth-order valence-electron chi connectivity index (χ4n) is 6.41. The molecule has 0 radical (unpaired) electrons. The Bertz CT molecular complexity index is 1440. The standard InChI is InChI=1S/C35H45N3O4/c1-24-12-14-31-27(18-24)29(20-35(42-31)16-8-9-17-35)36-21-30(39)28(19-25-10-6-5-7-11-25)37-33(41)26-13-15-32(40)38(22-26)23-34(2,3)4/h5-7,10-15,18,22,28-30,36,39H,8-9,16-17,19-21,23H2,1-4H3,(H,37,41)/t28-,29-,30+/m0/s1. The number of benzene rings is 2. The van der Waals surface area contributed by atoms with Crippen LogP contribution in [0.2, 0.25) is 0 Å². The molecule has 3 N–H and O–H groups in total. The minimum atomic E-state index is -0.842. The van der Waals surface area contributed by atoms with Crippen molar-refractivity contribution in [3.63, 3.8) is 0 Å². The van der Waals surface area contributed by atoms with Gasteiger partial charge in [0.05, 0.1) is 17.7 Å². The third-order valence-corrected chi connectivity index (χ3v) is 8.50. The number of aryl methyl sites for hydroxylation is 1. The molecule has 1 aliphatic carbocycles. The summed E-state index contributed by atoms with van der Waals surface area (Å²) in [6.45, 7) is 9.06. The molecule has 2 aliphatic rings. The fourth-order valence-corrected chi connectivity index (χ4v) is 6.41. The Labute approximate surface area is 249 Å². The molecule has 7 heteroatoms. The highest BCUT2D eigenvalue weighted by Gasteiger charge is 2.43. The molecule has 7 nitrogen and oxygen atoms in total. The Hall–Kier alpha value is -3.42. The highest BCUT2D eigenvalue weighted by atomic mass is 16.5. The van der Waals surface area contributed by atoms with Crippen molar-refractivity contribution in [2.24, 2.45) is 5.41 Å². The van der Waals surface area contributed by atoms with Gasteiger partial charge in [-0.3, -0.25) is 9.59 Å². The number of nitrogens with zero attached hydrogens (tertiary/aromatic N) is 1. The number of hydrogen-bond acceptors (Lipinski definition) is 5. The van der Waals surface area contributed by atoms with Gasteiger partial charge in [-0.25, -0.2) is 0 Å². The van der Waals surface area contributed by atoms with Crippen LogP contribution in [0.4, 0.5) is 0 Å². The SMILES string of the molecule is Cc1ccc2c(c1)[C@@H](NC[C@@H](O)[C@H](Cc1ccccc1)NC(=O)c1ccc(=O)n(CC(C)(C)C)c1)CC1(CCCC1)O2.